The fourth-order valence-corrected chi connectivity index (χ4v) is 13.1. The number of fused-ring (bicyclic) bond motifs is 5. The number of aromatic amines is 2. The van der Waals surface area contributed by atoms with Crippen molar-refractivity contribution in [1.82, 2.24) is 40.4 Å². The second-order valence-corrected chi connectivity index (χ2v) is 21.5. The van der Waals surface area contributed by atoms with Crippen molar-refractivity contribution >= 4 is 24.0 Å². The lowest BCUT2D eigenvalue weighted by Gasteiger charge is -2.37. The van der Waals surface area contributed by atoms with E-state index in [1.165, 1.54) is 19.8 Å². The number of nitrogens with one attached hydrogen (secondary N) is 4. The molecule has 6 heterocycles. The van der Waals surface area contributed by atoms with Gasteiger partial charge < -0.3 is 49.3 Å². The summed E-state index contributed by atoms with van der Waals surface area (Å²) in [6.45, 7) is 1.19. The van der Waals surface area contributed by atoms with Crippen molar-refractivity contribution < 1.29 is 38.1 Å². The molecule has 10 atom stereocenters. The van der Waals surface area contributed by atoms with Crippen molar-refractivity contribution in [3.05, 3.63) is 71.6 Å². The van der Waals surface area contributed by atoms with Gasteiger partial charge in [0, 0.05) is 36.6 Å². The number of aryl methyl sites for hydroxylation is 2. The van der Waals surface area contributed by atoms with Crippen LogP contribution in [-0.2, 0) is 41.4 Å². The van der Waals surface area contributed by atoms with Crippen LogP contribution in [0.1, 0.15) is 112 Å². The summed E-state index contributed by atoms with van der Waals surface area (Å²) < 4.78 is 22.2. The standard InChI is InChI=1S/C52H60N8O8/c1-65-49(63)57-42(31-11-17-67-51(24-31)13-14-51)47(61)59-38-20-33(38)22-40(59)45-53-26-37(55-45)28-5-3-27(4-6-28)29-7-9-35-30(19-29)8-10-36-44(35)56-46(54-36)41-23-34-21-39(34)60(41)48(62)43(58-50(64)66-2)32-12-18-68-52(25-32)15-16-52/h3-7,9,19,26,31-34,38-43H,8,10-18,20-25H2,1-2H3,(H,53,55)(H,54,56)(H,57,63)(H,58,64)/t31?,32?,33-,34-,38-,39-,40+,41+,42?,43?/m1/s1. The molecule has 2 aromatic carbocycles. The van der Waals surface area contributed by atoms with E-state index in [0.29, 0.717) is 25.0 Å². The van der Waals surface area contributed by atoms with Crippen LogP contribution >= 0.6 is 0 Å². The number of hydrogen-bond donors (Lipinski definition) is 4. The average molecular weight is 925 g/mol. The van der Waals surface area contributed by atoms with E-state index in [-0.39, 0.29) is 59.0 Å². The monoisotopic (exact) mass is 924 g/mol. The van der Waals surface area contributed by atoms with E-state index >= 15 is 0 Å². The van der Waals surface area contributed by atoms with Crippen molar-refractivity contribution in [2.75, 3.05) is 27.4 Å². The molecule has 4 N–H and O–H groups in total. The third-order valence-electron chi connectivity index (χ3n) is 17.3. The molecule has 4 saturated carbocycles. The van der Waals surface area contributed by atoms with E-state index in [1.54, 1.807) is 0 Å². The quantitative estimate of drug-likeness (QED) is 0.130. The first-order valence-corrected chi connectivity index (χ1v) is 25.1. The van der Waals surface area contributed by atoms with Gasteiger partial charge in [-0.15, -0.1) is 0 Å². The molecular weight excluding hydrogens is 865 g/mol. The zero-order valence-corrected chi connectivity index (χ0v) is 38.8. The van der Waals surface area contributed by atoms with Gasteiger partial charge in [0.2, 0.25) is 11.8 Å². The number of methoxy groups -OCH3 is 2. The highest BCUT2D eigenvalue weighted by atomic mass is 16.5. The van der Waals surface area contributed by atoms with Gasteiger partial charge in [-0.05, 0) is 136 Å². The number of imidazole rings is 2. The van der Waals surface area contributed by atoms with Crippen LogP contribution in [0.15, 0.2) is 48.7 Å². The number of benzene rings is 2. The minimum atomic E-state index is -0.671. The number of aromatic nitrogens is 4. The van der Waals surface area contributed by atoms with E-state index in [9.17, 15) is 19.2 Å². The molecular formula is C52H60N8O8. The van der Waals surface area contributed by atoms with E-state index in [4.69, 9.17) is 28.9 Å². The Morgan fingerprint density at radius 1 is 0.706 bits per heavy atom. The lowest BCUT2D eigenvalue weighted by molar-refractivity contribution is -0.140. The van der Waals surface area contributed by atoms with Crippen molar-refractivity contribution in [1.29, 1.82) is 0 Å². The molecule has 2 aromatic heterocycles. The lowest BCUT2D eigenvalue weighted by Crippen LogP contribution is -2.54. The summed E-state index contributed by atoms with van der Waals surface area (Å²) in [6, 6.07) is 13.8. The molecule has 0 radical (unpaired) electrons. The van der Waals surface area contributed by atoms with E-state index in [2.05, 4.69) is 63.1 Å². The summed E-state index contributed by atoms with van der Waals surface area (Å²) in [5.74, 6) is 2.37. The second kappa shape index (κ2) is 15.9. The number of hydrogen-bond acceptors (Lipinski definition) is 10. The van der Waals surface area contributed by atoms with Crippen LogP contribution in [0.25, 0.3) is 33.6 Å². The number of carbonyl (C=O) groups excluding carboxylic acids is 4. The number of ether oxygens (including phenoxy) is 4. The number of carbonyl (C=O) groups is 4. The van der Waals surface area contributed by atoms with Crippen molar-refractivity contribution in [3.63, 3.8) is 0 Å². The van der Waals surface area contributed by atoms with Crippen LogP contribution in [0.4, 0.5) is 9.59 Å². The lowest BCUT2D eigenvalue weighted by atomic mass is 9.86. The molecule has 13 rings (SSSR count). The van der Waals surface area contributed by atoms with E-state index < -0.39 is 24.3 Å². The zero-order chi connectivity index (χ0) is 46.1. The van der Waals surface area contributed by atoms with Gasteiger partial charge in [-0.25, -0.2) is 19.6 Å². The van der Waals surface area contributed by atoms with Gasteiger partial charge in [-0.3, -0.25) is 9.59 Å². The molecule has 8 fully saturated rings. The van der Waals surface area contributed by atoms with Crippen molar-refractivity contribution in [2.24, 2.45) is 23.7 Å². The number of H-pyrrole nitrogens is 2. The summed E-state index contributed by atoms with van der Waals surface area (Å²) in [5.41, 5.74) is 8.28. The van der Waals surface area contributed by atoms with Crippen molar-refractivity contribution in [2.45, 2.75) is 137 Å². The van der Waals surface area contributed by atoms with Crippen LogP contribution in [0.5, 0.6) is 0 Å². The summed E-state index contributed by atoms with van der Waals surface area (Å²) in [6.07, 6.45) is 13.1. The highest BCUT2D eigenvalue weighted by Crippen LogP contribution is 2.56. The van der Waals surface area contributed by atoms with Gasteiger partial charge in [0.1, 0.15) is 23.7 Å². The number of likely N-dealkylation sites (tertiary alicyclic amines) is 2. The molecule has 4 saturated heterocycles. The molecule has 4 aliphatic heterocycles. The summed E-state index contributed by atoms with van der Waals surface area (Å²) in [5, 5.41) is 5.88. The summed E-state index contributed by atoms with van der Waals surface area (Å²) in [4.78, 5) is 75.7. The first-order valence-electron chi connectivity index (χ1n) is 25.1. The summed E-state index contributed by atoms with van der Waals surface area (Å²) in [7, 11) is 2.69. The predicted molar refractivity (Wildman–Crippen MR) is 247 cm³/mol. The minimum Gasteiger partial charge on any atom is -0.453 e. The Hall–Kier alpha value is -5.74. The van der Waals surface area contributed by atoms with Gasteiger partial charge in [-0.1, -0.05) is 42.5 Å². The van der Waals surface area contributed by atoms with Crippen LogP contribution in [0, 0.1) is 23.7 Å². The number of nitrogens with zero attached hydrogens (tertiary/aromatic N) is 4. The normalized spacial score (nSPS) is 30.3. The fourth-order valence-electron chi connectivity index (χ4n) is 13.1. The van der Waals surface area contributed by atoms with E-state index in [0.717, 1.165) is 141 Å². The molecule has 5 aliphatic carbocycles. The molecule has 4 unspecified atom stereocenters. The number of rotatable bonds is 10. The Morgan fingerprint density at radius 3 is 1.84 bits per heavy atom. The van der Waals surface area contributed by atoms with Crippen LogP contribution < -0.4 is 10.6 Å². The first-order chi connectivity index (χ1) is 33.1. The first kappa shape index (κ1) is 42.4. The molecule has 9 aliphatic rings. The number of amides is 4. The maximum absolute atomic E-state index is 14.6. The molecule has 2 spiro atoms. The largest absolute Gasteiger partial charge is 0.453 e. The SMILES string of the molecule is COC(=O)NC(C(=O)N1[C@@H]2C[C@@H]2C[C@H]1c1ncc(-c2ccc(-c3ccc4c(c3)CCc3[nH]c([C@@H]5C[C@H]6C[C@H]6N5C(=O)C(NC(=O)OC)C5CCOC6(CC6)C5)nc3-4)cc2)[nH]1)C1CCOC2(CC2)C1. The molecule has 356 valence electrons. The highest BCUT2D eigenvalue weighted by Gasteiger charge is 2.60. The third-order valence-corrected chi connectivity index (χ3v) is 17.3. The van der Waals surface area contributed by atoms with Crippen LogP contribution in [0.2, 0.25) is 0 Å². The molecule has 0 bridgehead atoms. The molecule has 4 aromatic rings. The Balaban J connectivity index is 0.704. The maximum Gasteiger partial charge on any atom is 0.407 e. The molecule has 16 nitrogen and oxygen atoms in total. The number of piperidine rings is 2. The minimum absolute atomic E-state index is 0.00973. The van der Waals surface area contributed by atoms with Gasteiger partial charge >= 0.3 is 12.2 Å². The Labute approximate surface area is 395 Å². The average Bonchev–Trinajstić information content (AvgIpc) is 4.36. The van der Waals surface area contributed by atoms with Crippen LogP contribution in [0.3, 0.4) is 0 Å². The Morgan fingerprint density at radius 2 is 1.26 bits per heavy atom. The van der Waals surface area contributed by atoms with Gasteiger partial charge in [-0.2, -0.15) is 0 Å². The highest BCUT2D eigenvalue weighted by molar-refractivity contribution is 5.88. The van der Waals surface area contributed by atoms with Gasteiger partial charge in [0.25, 0.3) is 0 Å². The Bertz CT molecular complexity index is 2690. The third kappa shape index (κ3) is 7.39. The fraction of sp³-hybridized carbons (Fsp3) is 0.577. The smallest absolute Gasteiger partial charge is 0.407 e. The number of alkyl carbamates (subject to hydrolysis) is 2. The predicted octanol–water partition coefficient (Wildman–Crippen LogP) is 6.92. The summed E-state index contributed by atoms with van der Waals surface area (Å²) >= 11 is 0. The maximum atomic E-state index is 14.6. The van der Waals surface area contributed by atoms with Crippen LogP contribution in [-0.4, -0.2) is 117 Å². The van der Waals surface area contributed by atoms with E-state index in [1.807, 2.05) is 16.0 Å². The Kier molecular flexibility index (Phi) is 9.91. The van der Waals surface area contributed by atoms with Gasteiger partial charge in [0.05, 0.1) is 55.1 Å². The molecule has 4 amide bonds. The van der Waals surface area contributed by atoms with Crippen molar-refractivity contribution in [3.8, 4) is 33.6 Å². The second-order valence-electron chi connectivity index (χ2n) is 21.5. The van der Waals surface area contributed by atoms with Gasteiger partial charge in [0.15, 0.2) is 0 Å². The molecule has 16 heteroatoms. The topological polar surface area (TPSA) is 193 Å². The zero-order valence-electron chi connectivity index (χ0n) is 38.8. The molecule has 68 heavy (non-hydrogen) atoms.